The van der Waals surface area contributed by atoms with Gasteiger partial charge >= 0.3 is 0 Å². The molecule has 0 heterocycles. The maximum atomic E-state index is 12.8. The Morgan fingerprint density at radius 2 is 2.31 bits per heavy atom. The van der Waals surface area contributed by atoms with E-state index in [1.165, 1.54) is 12.1 Å². The highest BCUT2D eigenvalue weighted by atomic mass is 79.9. The molecule has 0 radical (unpaired) electrons. The van der Waals surface area contributed by atoms with Crippen LogP contribution in [-0.4, -0.2) is 6.54 Å². The summed E-state index contributed by atoms with van der Waals surface area (Å²) in [6.45, 7) is 4.38. The summed E-state index contributed by atoms with van der Waals surface area (Å²) < 4.78 is 13.6. The lowest BCUT2D eigenvalue weighted by Crippen LogP contribution is -2.00. The number of benzene rings is 1. The third-order valence-electron chi connectivity index (χ3n) is 1.59. The molecule has 0 saturated heterocycles. The molecule has 0 aliphatic heterocycles. The molecule has 0 spiro atoms. The molecule has 0 aliphatic carbocycles. The Labute approximate surface area is 85.8 Å². The quantitative estimate of drug-likeness (QED) is 0.630. The lowest BCUT2D eigenvalue weighted by atomic mass is 10.3. The second kappa shape index (κ2) is 5.02. The Morgan fingerprint density at radius 3 is 3.00 bits per heavy atom. The van der Waals surface area contributed by atoms with Crippen LogP contribution in [0, 0.1) is 5.82 Å². The van der Waals surface area contributed by atoms with Crippen molar-refractivity contribution >= 4 is 21.6 Å². The summed E-state index contributed by atoms with van der Waals surface area (Å²) in [5.41, 5.74) is 0.779. The fourth-order valence-electron chi connectivity index (χ4n) is 0.942. The summed E-state index contributed by atoms with van der Waals surface area (Å²) in [5, 5.41) is 3.10. The third kappa shape index (κ3) is 3.19. The van der Waals surface area contributed by atoms with Gasteiger partial charge in [0.25, 0.3) is 0 Å². The van der Waals surface area contributed by atoms with Crippen LogP contribution in [0.25, 0.3) is 0 Å². The zero-order valence-corrected chi connectivity index (χ0v) is 8.77. The maximum Gasteiger partial charge on any atom is 0.125 e. The molecule has 3 heteroatoms. The van der Waals surface area contributed by atoms with E-state index in [1.807, 2.05) is 6.08 Å². The van der Waals surface area contributed by atoms with E-state index in [9.17, 15) is 4.39 Å². The van der Waals surface area contributed by atoms with Crippen LogP contribution in [-0.2, 0) is 0 Å². The minimum atomic E-state index is -0.232. The van der Waals surface area contributed by atoms with Crippen LogP contribution in [0.3, 0.4) is 0 Å². The predicted octanol–water partition coefficient (Wildman–Crippen LogP) is 3.58. The van der Waals surface area contributed by atoms with Crippen LogP contribution in [0.1, 0.15) is 6.42 Å². The molecule has 1 nitrogen and oxygen atoms in total. The van der Waals surface area contributed by atoms with E-state index in [-0.39, 0.29) is 5.82 Å². The van der Waals surface area contributed by atoms with E-state index < -0.39 is 0 Å². The van der Waals surface area contributed by atoms with Gasteiger partial charge in [-0.15, -0.1) is 6.58 Å². The third-order valence-corrected chi connectivity index (χ3v) is 2.28. The van der Waals surface area contributed by atoms with E-state index in [4.69, 9.17) is 0 Å². The fraction of sp³-hybridized carbons (Fsp3) is 0.200. The van der Waals surface area contributed by atoms with Crippen molar-refractivity contribution in [2.24, 2.45) is 0 Å². The van der Waals surface area contributed by atoms with Gasteiger partial charge < -0.3 is 5.32 Å². The Bertz CT molecular complexity index is 299. The molecule has 0 aromatic heterocycles. The first-order valence-electron chi connectivity index (χ1n) is 4.04. The lowest BCUT2D eigenvalue weighted by Gasteiger charge is -2.06. The van der Waals surface area contributed by atoms with Gasteiger partial charge in [-0.3, -0.25) is 0 Å². The fourth-order valence-corrected chi connectivity index (χ4v) is 1.33. The molecule has 1 N–H and O–H groups in total. The Kier molecular flexibility index (Phi) is 3.96. The minimum Gasteiger partial charge on any atom is -0.384 e. The van der Waals surface area contributed by atoms with Crippen molar-refractivity contribution < 1.29 is 4.39 Å². The summed E-state index contributed by atoms with van der Waals surface area (Å²) in [4.78, 5) is 0. The number of anilines is 1. The summed E-state index contributed by atoms with van der Waals surface area (Å²) in [6.07, 6.45) is 2.68. The van der Waals surface area contributed by atoms with Crippen LogP contribution < -0.4 is 5.32 Å². The Hall–Kier alpha value is -0.830. The highest BCUT2D eigenvalue weighted by molar-refractivity contribution is 9.10. The first-order chi connectivity index (χ1) is 6.24. The second-order valence-corrected chi connectivity index (χ2v) is 3.48. The van der Waals surface area contributed by atoms with Gasteiger partial charge in [-0.25, -0.2) is 4.39 Å². The second-order valence-electron chi connectivity index (χ2n) is 2.63. The van der Waals surface area contributed by atoms with Crippen molar-refractivity contribution in [2.45, 2.75) is 6.42 Å². The van der Waals surface area contributed by atoms with Crippen LogP contribution in [0.2, 0.25) is 0 Å². The number of hydrogen-bond acceptors (Lipinski definition) is 1. The van der Waals surface area contributed by atoms with Crippen molar-refractivity contribution in [3.8, 4) is 0 Å². The smallest absolute Gasteiger partial charge is 0.125 e. The zero-order chi connectivity index (χ0) is 9.68. The van der Waals surface area contributed by atoms with Crippen molar-refractivity contribution in [2.75, 3.05) is 11.9 Å². The highest BCUT2D eigenvalue weighted by Gasteiger charge is 1.99. The van der Waals surface area contributed by atoms with Gasteiger partial charge in [0, 0.05) is 11.0 Å². The molecule has 0 bridgehead atoms. The molecule has 13 heavy (non-hydrogen) atoms. The van der Waals surface area contributed by atoms with Gasteiger partial charge in [0.15, 0.2) is 0 Å². The van der Waals surface area contributed by atoms with Gasteiger partial charge in [0.05, 0.1) is 5.69 Å². The molecule has 1 rings (SSSR count). The van der Waals surface area contributed by atoms with E-state index in [0.29, 0.717) is 0 Å². The van der Waals surface area contributed by atoms with E-state index in [0.717, 1.165) is 23.1 Å². The molecule has 0 aliphatic rings. The normalized spacial score (nSPS) is 9.69. The molecule has 1 aromatic carbocycles. The van der Waals surface area contributed by atoms with Crippen LogP contribution >= 0.6 is 15.9 Å². The van der Waals surface area contributed by atoms with Crippen LogP contribution in [0.4, 0.5) is 10.1 Å². The number of rotatable bonds is 4. The summed E-state index contributed by atoms with van der Waals surface area (Å²) in [7, 11) is 0. The molecule has 0 saturated carbocycles. The minimum absolute atomic E-state index is 0.232. The van der Waals surface area contributed by atoms with Gasteiger partial charge in [0.2, 0.25) is 0 Å². The first kappa shape index (κ1) is 10.3. The van der Waals surface area contributed by atoms with Gasteiger partial charge in [-0.2, -0.15) is 0 Å². The molecular formula is C10H11BrFN. The largest absolute Gasteiger partial charge is 0.384 e. The topological polar surface area (TPSA) is 12.0 Å². The highest BCUT2D eigenvalue weighted by Crippen LogP contribution is 2.22. The van der Waals surface area contributed by atoms with Crippen molar-refractivity contribution in [1.82, 2.24) is 0 Å². The zero-order valence-electron chi connectivity index (χ0n) is 7.19. The van der Waals surface area contributed by atoms with E-state index in [1.54, 1.807) is 6.07 Å². The van der Waals surface area contributed by atoms with Crippen LogP contribution in [0.5, 0.6) is 0 Å². The summed E-state index contributed by atoms with van der Waals surface area (Å²) in [5.74, 6) is -0.232. The first-order valence-corrected chi connectivity index (χ1v) is 4.83. The number of halogens is 2. The van der Waals surface area contributed by atoms with Gasteiger partial charge in [0.1, 0.15) is 5.82 Å². The number of nitrogens with one attached hydrogen (secondary N) is 1. The molecule has 70 valence electrons. The van der Waals surface area contributed by atoms with Crippen molar-refractivity contribution in [3.05, 3.63) is 41.1 Å². The molecule has 0 unspecified atom stereocenters. The van der Waals surface area contributed by atoms with Crippen molar-refractivity contribution in [3.63, 3.8) is 0 Å². The molecule has 0 amide bonds. The average molecular weight is 244 g/mol. The Morgan fingerprint density at radius 1 is 1.54 bits per heavy atom. The predicted molar refractivity (Wildman–Crippen MR) is 57.4 cm³/mol. The summed E-state index contributed by atoms with van der Waals surface area (Å²) >= 11 is 3.33. The molecule has 0 fully saturated rings. The Balaban J connectivity index is 2.64. The maximum absolute atomic E-state index is 12.8. The van der Waals surface area contributed by atoms with Gasteiger partial charge in [-0.1, -0.05) is 6.08 Å². The van der Waals surface area contributed by atoms with E-state index >= 15 is 0 Å². The van der Waals surface area contributed by atoms with Crippen LogP contribution in [0.15, 0.2) is 35.3 Å². The summed E-state index contributed by atoms with van der Waals surface area (Å²) in [6, 6.07) is 4.57. The average Bonchev–Trinajstić information content (AvgIpc) is 2.11. The monoisotopic (exact) mass is 243 g/mol. The van der Waals surface area contributed by atoms with Crippen molar-refractivity contribution in [1.29, 1.82) is 0 Å². The molecular weight excluding hydrogens is 233 g/mol. The standard InChI is InChI=1S/C10H11BrFN/c1-2-3-6-13-10-7-8(12)4-5-9(10)11/h2,4-5,7,13H,1,3,6H2. The molecule has 1 aromatic rings. The lowest BCUT2D eigenvalue weighted by molar-refractivity contribution is 0.628. The SMILES string of the molecule is C=CCCNc1cc(F)ccc1Br. The van der Waals surface area contributed by atoms with Gasteiger partial charge in [-0.05, 0) is 40.5 Å². The molecule has 0 atom stereocenters. The van der Waals surface area contributed by atoms with E-state index in [2.05, 4.69) is 27.8 Å². The number of hydrogen-bond donors (Lipinski definition) is 1.